The van der Waals surface area contributed by atoms with E-state index in [0.717, 1.165) is 12.8 Å². The van der Waals surface area contributed by atoms with E-state index in [1.54, 1.807) is 12.2 Å². The van der Waals surface area contributed by atoms with Gasteiger partial charge in [-0.3, -0.25) is 4.79 Å². The Morgan fingerprint density at radius 1 is 1.35 bits per heavy atom. The molecular weight excluding hydrogens is 339 g/mol. The number of carbonyl (C=O) groups is 2. The number of ketones is 1. The van der Waals surface area contributed by atoms with Crippen molar-refractivity contribution in [2.45, 2.75) is 64.1 Å². The minimum Gasteiger partial charge on any atom is -0.477 e. The number of carbonyl (C=O) groups excluding carboxylic acids is 1. The summed E-state index contributed by atoms with van der Waals surface area (Å²) in [6.45, 7) is 1.97. The summed E-state index contributed by atoms with van der Waals surface area (Å²) >= 11 is 0. The fourth-order valence-corrected chi connectivity index (χ4v) is 2.76. The monoisotopic (exact) mass is 366 g/mol. The van der Waals surface area contributed by atoms with Gasteiger partial charge in [-0.15, -0.1) is 0 Å². The molecule has 5 nitrogen and oxygen atoms in total. The molecule has 1 fully saturated rings. The van der Waals surface area contributed by atoms with E-state index in [0.29, 0.717) is 19.3 Å². The van der Waals surface area contributed by atoms with Crippen molar-refractivity contribution in [2.75, 3.05) is 0 Å². The van der Waals surface area contributed by atoms with E-state index in [4.69, 9.17) is 5.11 Å². The maximum Gasteiger partial charge on any atom is 0.364 e. The number of carboxylic acid groups (broad SMARTS) is 1. The summed E-state index contributed by atoms with van der Waals surface area (Å²) in [7, 11) is 0. The van der Waals surface area contributed by atoms with E-state index in [2.05, 4.69) is 11.8 Å². The van der Waals surface area contributed by atoms with Crippen molar-refractivity contribution in [2.24, 2.45) is 11.8 Å². The molecule has 2 atom stereocenters. The number of halogens is 1. The van der Waals surface area contributed by atoms with E-state index in [-0.39, 0.29) is 36.8 Å². The number of Topliss-reactive ketones (excluding diaryl/α,β-unsaturated/α-hetero) is 1. The maximum atomic E-state index is 13.5. The van der Waals surface area contributed by atoms with Crippen molar-refractivity contribution in [1.82, 2.24) is 0 Å². The van der Waals surface area contributed by atoms with Crippen LogP contribution in [-0.2, 0) is 9.59 Å². The van der Waals surface area contributed by atoms with Crippen LogP contribution >= 0.6 is 0 Å². The second kappa shape index (κ2) is 10.9. The molecule has 144 valence electrons. The molecule has 0 aromatic heterocycles. The number of carboxylic acids is 1. The van der Waals surface area contributed by atoms with Crippen molar-refractivity contribution < 1.29 is 29.3 Å². The molecule has 1 aliphatic rings. The molecular formula is C20H27FO5. The lowest BCUT2D eigenvalue weighted by atomic mass is 9.92. The van der Waals surface area contributed by atoms with Crippen LogP contribution in [0.25, 0.3) is 0 Å². The molecule has 0 spiro atoms. The number of hydrogen-bond donors (Lipinski definition) is 3. The molecule has 0 aliphatic heterocycles. The van der Waals surface area contributed by atoms with Gasteiger partial charge in [-0.2, -0.15) is 0 Å². The molecule has 3 N–H and O–H groups in total. The maximum absolute atomic E-state index is 13.5. The minimum atomic E-state index is -2.73. The molecule has 0 unspecified atom stereocenters. The molecule has 0 amide bonds. The molecule has 0 saturated heterocycles. The largest absolute Gasteiger partial charge is 0.477 e. The number of rotatable bonds is 9. The van der Waals surface area contributed by atoms with E-state index in [1.165, 1.54) is 6.08 Å². The molecule has 0 bridgehead atoms. The Hall–Kier alpha value is -1.97. The standard InChI is InChI=1S/C20H27FO5/c1-2-3-9-16(21)10-7-11-17-15(12-13-18(17)22)8-5-4-6-14-20(25,26)19(23)24/h4-5,9,15,17,25-26H,2-3,6,8,10,12-14H2,1H3,(H,23,24)/t15-,17+/m0/s1. The third-order valence-corrected chi connectivity index (χ3v) is 4.36. The van der Waals surface area contributed by atoms with Crippen LogP contribution in [0, 0.1) is 23.7 Å². The number of allylic oxidation sites excluding steroid dienone is 4. The van der Waals surface area contributed by atoms with Crippen molar-refractivity contribution >= 4 is 11.8 Å². The fraction of sp³-hybridized carbons (Fsp3) is 0.600. The first-order valence-corrected chi connectivity index (χ1v) is 8.96. The van der Waals surface area contributed by atoms with Crippen LogP contribution in [0.1, 0.15) is 58.3 Å². The summed E-state index contributed by atoms with van der Waals surface area (Å²) in [5, 5.41) is 27.0. The molecule has 1 aliphatic carbocycles. The van der Waals surface area contributed by atoms with Crippen LogP contribution in [0.15, 0.2) is 24.1 Å². The third-order valence-electron chi connectivity index (χ3n) is 4.36. The van der Waals surface area contributed by atoms with E-state index < -0.39 is 17.7 Å². The van der Waals surface area contributed by atoms with Crippen molar-refractivity contribution in [3.8, 4) is 11.8 Å². The highest BCUT2D eigenvalue weighted by Crippen LogP contribution is 2.31. The van der Waals surface area contributed by atoms with E-state index in [1.807, 2.05) is 6.92 Å². The van der Waals surface area contributed by atoms with Gasteiger partial charge in [0.05, 0.1) is 12.3 Å². The Morgan fingerprint density at radius 3 is 2.73 bits per heavy atom. The Morgan fingerprint density at radius 2 is 2.08 bits per heavy atom. The Bertz CT molecular complexity index is 609. The average molecular weight is 366 g/mol. The molecule has 1 saturated carbocycles. The van der Waals surface area contributed by atoms with E-state index >= 15 is 0 Å². The highest BCUT2D eigenvalue weighted by atomic mass is 19.1. The van der Waals surface area contributed by atoms with Crippen LogP contribution in [0.5, 0.6) is 0 Å². The quantitative estimate of drug-likeness (QED) is 0.331. The summed E-state index contributed by atoms with van der Waals surface area (Å²) in [6, 6.07) is 0. The zero-order valence-corrected chi connectivity index (χ0v) is 15.1. The van der Waals surface area contributed by atoms with Gasteiger partial charge in [-0.1, -0.05) is 43.4 Å². The van der Waals surface area contributed by atoms with Gasteiger partial charge in [-0.25, -0.2) is 9.18 Å². The van der Waals surface area contributed by atoms with Crippen LogP contribution in [-0.4, -0.2) is 32.9 Å². The lowest BCUT2D eigenvalue weighted by Crippen LogP contribution is -2.37. The summed E-state index contributed by atoms with van der Waals surface area (Å²) in [4.78, 5) is 22.5. The Labute approximate surface area is 153 Å². The van der Waals surface area contributed by atoms with Crippen molar-refractivity contribution in [1.29, 1.82) is 0 Å². The number of hydrogen-bond acceptors (Lipinski definition) is 4. The summed E-state index contributed by atoms with van der Waals surface area (Å²) < 4.78 is 13.5. The first kappa shape index (κ1) is 22.1. The van der Waals surface area contributed by atoms with Crippen molar-refractivity contribution in [3.05, 3.63) is 24.1 Å². The molecule has 6 heteroatoms. The van der Waals surface area contributed by atoms with Crippen LogP contribution in [0.4, 0.5) is 4.39 Å². The lowest BCUT2D eigenvalue weighted by Gasteiger charge is -2.14. The fourth-order valence-electron chi connectivity index (χ4n) is 2.76. The molecule has 0 radical (unpaired) electrons. The number of unbranched alkanes of at least 4 members (excludes halogenated alkanes) is 1. The molecule has 1 rings (SSSR count). The number of aliphatic hydroxyl groups is 2. The second-order valence-corrected chi connectivity index (χ2v) is 6.55. The predicted octanol–water partition coefficient (Wildman–Crippen LogP) is 3.12. The summed E-state index contributed by atoms with van der Waals surface area (Å²) in [5.74, 6) is 0.722. The van der Waals surface area contributed by atoms with Gasteiger partial charge in [0.15, 0.2) is 0 Å². The highest BCUT2D eigenvalue weighted by Gasteiger charge is 2.33. The van der Waals surface area contributed by atoms with Gasteiger partial charge >= 0.3 is 5.97 Å². The predicted molar refractivity (Wildman–Crippen MR) is 95.5 cm³/mol. The van der Waals surface area contributed by atoms with Gasteiger partial charge in [-0.05, 0) is 31.6 Å². The van der Waals surface area contributed by atoms with Gasteiger partial charge in [0.1, 0.15) is 11.6 Å². The van der Waals surface area contributed by atoms with Gasteiger partial charge in [0.25, 0.3) is 5.79 Å². The molecule has 0 heterocycles. The SMILES string of the molecule is CCCC=C(F)CC#C[C@H]1C(=O)CC[C@@H]1CC=CCCC(O)(O)C(=O)O. The van der Waals surface area contributed by atoms with Gasteiger partial charge in [0, 0.05) is 12.8 Å². The third kappa shape index (κ3) is 7.51. The highest BCUT2D eigenvalue weighted by molar-refractivity contribution is 5.86. The first-order chi connectivity index (χ1) is 12.3. The van der Waals surface area contributed by atoms with Gasteiger partial charge < -0.3 is 15.3 Å². The van der Waals surface area contributed by atoms with Crippen LogP contribution in [0.2, 0.25) is 0 Å². The zero-order valence-electron chi connectivity index (χ0n) is 15.1. The first-order valence-electron chi connectivity index (χ1n) is 8.96. The minimum absolute atomic E-state index is 0.0244. The van der Waals surface area contributed by atoms with E-state index in [9.17, 15) is 24.2 Å². The normalized spacial score (nSPS) is 21.1. The molecule has 0 aromatic carbocycles. The molecule has 26 heavy (non-hydrogen) atoms. The topological polar surface area (TPSA) is 94.8 Å². The van der Waals surface area contributed by atoms with Crippen LogP contribution < -0.4 is 0 Å². The zero-order chi connectivity index (χ0) is 19.6. The van der Waals surface area contributed by atoms with Gasteiger partial charge in [0.2, 0.25) is 0 Å². The summed E-state index contributed by atoms with van der Waals surface area (Å²) in [6.07, 6.45) is 8.22. The second-order valence-electron chi connectivity index (χ2n) is 6.55. The lowest BCUT2D eigenvalue weighted by molar-refractivity contribution is -0.205. The van der Waals surface area contributed by atoms with Crippen molar-refractivity contribution in [3.63, 3.8) is 0 Å². The Balaban J connectivity index is 2.50. The number of aliphatic carboxylic acids is 1. The van der Waals surface area contributed by atoms with Crippen LogP contribution in [0.3, 0.4) is 0 Å². The average Bonchev–Trinajstić information content (AvgIpc) is 2.93. The smallest absolute Gasteiger partial charge is 0.364 e. The Kier molecular flexibility index (Phi) is 9.25. The molecule has 0 aromatic rings. The summed E-state index contributed by atoms with van der Waals surface area (Å²) in [5.41, 5.74) is 0.